The summed E-state index contributed by atoms with van der Waals surface area (Å²) < 4.78 is 2.70. The topological polar surface area (TPSA) is 6.48 Å². The molecule has 1 aliphatic rings. The van der Waals surface area contributed by atoms with Crippen LogP contribution in [0.3, 0.4) is 0 Å². The van der Waals surface area contributed by atoms with E-state index in [2.05, 4.69) is 167 Å². The predicted molar refractivity (Wildman–Crippen MR) is 196 cm³/mol. The molecular weight excluding hydrogens is 571 g/mol. The molecule has 0 radical (unpaired) electrons. The molecule has 0 saturated carbocycles. The second-order valence-electron chi connectivity index (χ2n) is 11.8. The smallest absolute Gasteiger partial charge is 0.268 e. The molecule has 0 fully saturated rings. The average Bonchev–Trinajstić information content (AvgIpc) is 3.56. The van der Waals surface area contributed by atoms with Crippen LogP contribution >= 0.6 is 22.7 Å². The maximum absolute atomic E-state index is 3.48. The maximum Gasteiger partial charge on any atom is 0.268 e. The molecule has 2 nitrogen and oxygen atoms in total. The van der Waals surface area contributed by atoms with Crippen LogP contribution in [0.2, 0.25) is 0 Å². The summed E-state index contributed by atoms with van der Waals surface area (Å²) in [5.41, 5.74) is 12.3. The molecule has 0 atom stereocenters. The minimum Gasteiger partial charge on any atom is -0.378 e. The average molecular weight is 607 g/mol. The molecule has 0 unspecified atom stereocenters. The van der Waals surface area contributed by atoms with Gasteiger partial charge in [-0.15, -0.1) is 22.7 Å². The van der Waals surface area contributed by atoms with E-state index in [0.29, 0.717) is 0 Å². The lowest BCUT2D eigenvalue weighted by Crippen LogP contribution is -2.53. The van der Waals surface area contributed by atoms with E-state index < -0.39 is 0 Å². The number of nitrogens with zero attached hydrogens (tertiary/aromatic N) is 2. The fourth-order valence-electron chi connectivity index (χ4n) is 5.83. The summed E-state index contributed by atoms with van der Waals surface area (Å²) >= 11 is 3.64. The Labute approximate surface area is 270 Å². The van der Waals surface area contributed by atoms with Crippen molar-refractivity contribution in [3.05, 3.63) is 121 Å². The van der Waals surface area contributed by atoms with Crippen LogP contribution in [0.15, 0.2) is 72.8 Å². The first kappa shape index (κ1) is 29.6. The fourth-order valence-corrected chi connectivity index (χ4v) is 8.16. The molecular formula is C39H35BN2S2. The highest BCUT2D eigenvalue weighted by molar-refractivity contribution is 7.35. The molecule has 3 heterocycles. The van der Waals surface area contributed by atoms with Gasteiger partial charge in [0.05, 0.1) is 9.75 Å². The number of benzene rings is 3. The van der Waals surface area contributed by atoms with E-state index in [1.54, 1.807) is 0 Å². The minimum atomic E-state index is 0.135. The standard InChI is InChI=1S/C39H35BN2S2/c1-26-22-27(2)37(28(3)23-26)40-38-31(24-35(43-38)20-12-29-8-16-33(17-9-29)41(4)5)14-15-32-25-36(44-39(32)40)21-13-30-10-18-34(19-11-30)42(6)7/h8-11,14-19,22-25H,1-7H3. The van der Waals surface area contributed by atoms with Crippen LogP contribution in [0, 0.1) is 44.5 Å². The molecule has 2 aromatic heterocycles. The molecule has 5 heteroatoms. The molecule has 1 aliphatic heterocycles. The van der Waals surface area contributed by atoms with Gasteiger partial charge in [0.2, 0.25) is 0 Å². The molecule has 5 aromatic rings. The third-order valence-electron chi connectivity index (χ3n) is 8.00. The van der Waals surface area contributed by atoms with Crippen molar-refractivity contribution in [3.8, 4) is 23.7 Å². The van der Waals surface area contributed by atoms with Gasteiger partial charge in [-0.2, -0.15) is 0 Å². The summed E-state index contributed by atoms with van der Waals surface area (Å²) in [6.45, 7) is 6.83. The SMILES string of the molecule is Cc1cc(C)c(B2c3sc(C#Cc4ccc(N(C)C)cc4)cc3C=Cc3cc(C#Cc4ccc(N(C)C)cc4)sc32)c(C)c1. The van der Waals surface area contributed by atoms with Crippen LogP contribution in [-0.4, -0.2) is 34.9 Å². The Kier molecular flexibility index (Phi) is 8.28. The quantitative estimate of drug-likeness (QED) is 0.164. The highest BCUT2D eigenvalue weighted by Gasteiger charge is 2.33. The zero-order valence-electron chi connectivity index (χ0n) is 26.4. The first-order valence-corrected chi connectivity index (χ1v) is 16.4. The minimum absolute atomic E-state index is 0.135. The largest absolute Gasteiger partial charge is 0.378 e. The monoisotopic (exact) mass is 606 g/mol. The number of thiophene rings is 2. The van der Waals surface area contributed by atoms with Gasteiger partial charge in [0.25, 0.3) is 6.71 Å². The highest BCUT2D eigenvalue weighted by Crippen LogP contribution is 2.25. The molecule has 216 valence electrons. The van der Waals surface area contributed by atoms with Crippen molar-refractivity contribution < 1.29 is 0 Å². The van der Waals surface area contributed by atoms with Gasteiger partial charge in [-0.1, -0.05) is 70.1 Å². The first-order chi connectivity index (χ1) is 21.2. The van der Waals surface area contributed by atoms with Crippen LogP contribution in [0.5, 0.6) is 0 Å². The normalized spacial score (nSPS) is 11.5. The summed E-state index contributed by atoms with van der Waals surface area (Å²) in [4.78, 5) is 6.38. The third kappa shape index (κ3) is 6.13. The van der Waals surface area contributed by atoms with Crippen LogP contribution in [0.4, 0.5) is 11.4 Å². The van der Waals surface area contributed by atoms with Gasteiger partial charge < -0.3 is 9.80 Å². The summed E-state index contributed by atoms with van der Waals surface area (Å²) in [7, 11) is 8.22. The van der Waals surface area contributed by atoms with Gasteiger partial charge in [0.15, 0.2) is 0 Å². The third-order valence-corrected chi connectivity index (χ3v) is 10.3. The zero-order chi connectivity index (χ0) is 31.0. The number of anilines is 2. The summed E-state index contributed by atoms with van der Waals surface area (Å²) in [5.74, 6) is 13.8. The van der Waals surface area contributed by atoms with Crippen molar-refractivity contribution in [1.82, 2.24) is 0 Å². The van der Waals surface area contributed by atoms with Crippen molar-refractivity contribution in [2.24, 2.45) is 0 Å². The highest BCUT2D eigenvalue weighted by atomic mass is 32.1. The summed E-state index contributed by atoms with van der Waals surface area (Å²) in [6, 6.07) is 26.0. The molecule has 0 bridgehead atoms. The van der Waals surface area contributed by atoms with E-state index in [0.717, 1.165) is 20.9 Å². The van der Waals surface area contributed by atoms with Gasteiger partial charge in [-0.25, -0.2) is 0 Å². The molecule has 44 heavy (non-hydrogen) atoms. The second-order valence-corrected chi connectivity index (χ2v) is 14.0. The van der Waals surface area contributed by atoms with Crippen molar-refractivity contribution in [2.45, 2.75) is 20.8 Å². The number of aryl methyl sites for hydroxylation is 3. The van der Waals surface area contributed by atoms with Gasteiger partial charge in [-0.3, -0.25) is 0 Å². The lowest BCUT2D eigenvalue weighted by atomic mass is 9.40. The van der Waals surface area contributed by atoms with Crippen LogP contribution in [-0.2, 0) is 0 Å². The lowest BCUT2D eigenvalue weighted by molar-refractivity contribution is 1.13. The lowest BCUT2D eigenvalue weighted by Gasteiger charge is -2.19. The number of rotatable bonds is 3. The fraction of sp³-hybridized carbons (Fsp3) is 0.179. The maximum atomic E-state index is 3.48. The van der Waals surface area contributed by atoms with Crippen LogP contribution in [0.1, 0.15) is 48.7 Å². The molecule has 6 rings (SSSR count). The zero-order valence-corrected chi connectivity index (χ0v) is 28.0. The molecule has 0 amide bonds. The van der Waals surface area contributed by atoms with Gasteiger partial charge in [0.1, 0.15) is 0 Å². The van der Waals surface area contributed by atoms with E-state index in [9.17, 15) is 0 Å². The Hall–Kier alpha value is -4.42. The predicted octanol–water partition coefficient (Wildman–Crippen LogP) is 6.67. The van der Waals surface area contributed by atoms with E-state index >= 15 is 0 Å². The number of fused-ring (bicyclic) bond motifs is 2. The van der Waals surface area contributed by atoms with Gasteiger partial charge in [0, 0.05) is 50.7 Å². The molecule has 0 aliphatic carbocycles. The van der Waals surface area contributed by atoms with Crippen molar-refractivity contribution >= 4 is 67.9 Å². The van der Waals surface area contributed by atoms with E-state index in [4.69, 9.17) is 0 Å². The number of hydrogen-bond donors (Lipinski definition) is 0. The Balaban J connectivity index is 1.41. The Morgan fingerprint density at radius 1 is 0.545 bits per heavy atom. The first-order valence-electron chi connectivity index (χ1n) is 14.8. The number of hydrogen-bond acceptors (Lipinski definition) is 4. The van der Waals surface area contributed by atoms with Crippen molar-refractivity contribution in [3.63, 3.8) is 0 Å². The van der Waals surface area contributed by atoms with Crippen molar-refractivity contribution in [1.29, 1.82) is 0 Å². The van der Waals surface area contributed by atoms with E-state index in [1.165, 1.54) is 54.2 Å². The molecule has 3 aromatic carbocycles. The van der Waals surface area contributed by atoms with E-state index in [-0.39, 0.29) is 6.71 Å². The van der Waals surface area contributed by atoms with Crippen molar-refractivity contribution in [2.75, 3.05) is 38.0 Å². The molecule has 0 spiro atoms. The Morgan fingerprint density at radius 2 is 0.955 bits per heavy atom. The Bertz CT molecular complexity index is 1860. The molecule has 0 saturated heterocycles. The van der Waals surface area contributed by atoms with Gasteiger partial charge >= 0.3 is 0 Å². The summed E-state index contributed by atoms with van der Waals surface area (Å²) in [5, 5.41) is 0. The Morgan fingerprint density at radius 3 is 1.34 bits per heavy atom. The van der Waals surface area contributed by atoms with Crippen LogP contribution < -0.4 is 24.8 Å². The van der Waals surface area contributed by atoms with E-state index in [1.807, 2.05) is 22.7 Å². The summed E-state index contributed by atoms with van der Waals surface area (Å²) in [6.07, 6.45) is 4.54. The second kappa shape index (κ2) is 12.3. The van der Waals surface area contributed by atoms with Gasteiger partial charge in [-0.05, 0) is 102 Å². The molecule has 0 N–H and O–H groups in total. The van der Waals surface area contributed by atoms with Crippen LogP contribution in [0.25, 0.3) is 12.2 Å².